The van der Waals surface area contributed by atoms with Crippen molar-refractivity contribution in [2.45, 2.75) is 57.5 Å². The molecule has 9 heteroatoms. The van der Waals surface area contributed by atoms with Crippen molar-refractivity contribution in [1.29, 1.82) is 0 Å². The van der Waals surface area contributed by atoms with Gasteiger partial charge in [0.15, 0.2) is 6.29 Å². The van der Waals surface area contributed by atoms with Gasteiger partial charge in [-0.15, -0.1) is 0 Å². The minimum atomic E-state index is -0.466. The highest BCUT2D eigenvalue weighted by Gasteiger charge is 2.45. The molecule has 8 nitrogen and oxygen atoms in total. The summed E-state index contributed by atoms with van der Waals surface area (Å²) in [5.41, 5.74) is 2.55. The van der Waals surface area contributed by atoms with Crippen LogP contribution in [0.15, 0.2) is 50.8 Å². The summed E-state index contributed by atoms with van der Waals surface area (Å²) in [6.07, 6.45) is 4.43. The molecule has 3 aliphatic heterocycles. The molecule has 3 aliphatic rings. The van der Waals surface area contributed by atoms with Crippen LogP contribution in [-0.4, -0.2) is 54.8 Å². The maximum absolute atomic E-state index is 12.9. The number of nitrogens with zero attached hydrogens (tertiary/aromatic N) is 4. The molecule has 166 valence electrons. The fourth-order valence-corrected chi connectivity index (χ4v) is 4.36. The maximum Gasteiger partial charge on any atom is 0.362 e. The van der Waals surface area contributed by atoms with Crippen LogP contribution in [0.2, 0.25) is 5.02 Å². The Morgan fingerprint density at radius 2 is 2.10 bits per heavy atom. The van der Waals surface area contributed by atoms with E-state index < -0.39 is 5.54 Å². The van der Waals surface area contributed by atoms with E-state index in [1.807, 2.05) is 18.3 Å². The summed E-state index contributed by atoms with van der Waals surface area (Å²) < 4.78 is 5.43. The maximum atomic E-state index is 12.9. The number of benzene rings is 1. The average Bonchev–Trinajstić information content (AvgIpc) is 3.08. The van der Waals surface area contributed by atoms with Crippen LogP contribution in [0.5, 0.6) is 0 Å². The van der Waals surface area contributed by atoms with Gasteiger partial charge in [0.05, 0.1) is 18.6 Å². The number of hydrogen-bond donors (Lipinski definition) is 2. The number of azo groups is 1. The number of amides is 2. The zero-order valence-corrected chi connectivity index (χ0v) is 18.7. The molecule has 4 rings (SSSR count). The topological polar surface area (TPSA) is 90.7 Å². The molecule has 3 heterocycles. The van der Waals surface area contributed by atoms with Gasteiger partial charge in [0.1, 0.15) is 0 Å². The van der Waals surface area contributed by atoms with E-state index in [0.29, 0.717) is 24.2 Å². The smallest absolute Gasteiger partial charge is 0.362 e. The number of hydrogen-bond acceptors (Lipinski definition) is 6. The van der Waals surface area contributed by atoms with Crippen LogP contribution in [0.4, 0.5) is 4.79 Å². The van der Waals surface area contributed by atoms with Crippen molar-refractivity contribution in [1.82, 2.24) is 15.5 Å². The molecule has 31 heavy (non-hydrogen) atoms. The second-order valence-corrected chi connectivity index (χ2v) is 8.73. The quantitative estimate of drug-likeness (QED) is 0.674. The highest BCUT2D eigenvalue weighted by molar-refractivity contribution is 6.30. The Labute approximate surface area is 187 Å². The molecule has 2 unspecified atom stereocenters. The van der Waals surface area contributed by atoms with E-state index in [-0.39, 0.29) is 12.3 Å². The van der Waals surface area contributed by atoms with Crippen LogP contribution in [0.3, 0.4) is 0 Å². The Morgan fingerprint density at radius 3 is 2.81 bits per heavy atom. The fourth-order valence-electron chi connectivity index (χ4n) is 4.23. The summed E-state index contributed by atoms with van der Waals surface area (Å²) in [6, 6.07) is 7.40. The highest BCUT2D eigenvalue weighted by Crippen LogP contribution is 2.37. The van der Waals surface area contributed by atoms with Gasteiger partial charge < -0.3 is 15.0 Å². The summed E-state index contributed by atoms with van der Waals surface area (Å²) in [5.74, 6) is 0. The number of aliphatic imine (C=N–C) groups is 1. The third kappa shape index (κ3) is 4.81. The lowest BCUT2D eigenvalue weighted by atomic mass is 9.89. The number of nitrogens with one attached hydrogen (secondary N) is 2. The zero-order valence-electron chi connectivity index (χ0n) is 18.0. The first kappa shape index (κ1) is 21.9. The predicted molar refractivity (Wildman–Crippen MR) is 120 cm³/mol. The van der Waals surface area contributed by atoms with Crippen molar-refractivity contribution in [3.8, 4) is 0 Å². The minimum absolute atomic E-state index is 0.190. The number of carbonyl (C=O) groups excluding carboxylic acids is 1. The van der Waals surface area contributed by atoms with E-state index in [1.54, 1.807) is 17.0 Å². The van der Waals surface area contributed by atoms with Gasteiger partial charge in [-0.25, -0.2) is 4.79 Å². The van der Waals surface area contributed by atoms with Crippen LogP contribution < -0.4 is 10.6 Å². The van der Waals surface area contributed by atoms with Crippen molar-refractivity contribution in [2.24, 2.45) is 15.2 Å². The molecule has 1 saturated heterocycles. The molecule has 2 atom stereocenters. The van der Waals surface area contributed by atoms with Crippen molar-refractivity contribution in [2.75, 3.05) is 19.8 Å². The van der Waals surface area contributed by atoms with Crippen molar-refractivity contribution in [3.05, 3.63) is 46.1 Å². The monoisotopic (exact) mass is 444 g/mol. The van der Waals surface area contributed by atoms with Crippen LogP contribution >= 0.6 is 11.6 Å². The summed E-state index contributed by atoms with van der Waals surface area (Å²) >= 11 is 5.91. The highest BCUT2D eigenvalue weighted by atomic mass is 35.5. The van der Waals surface area contributed by atoms with E-state index in [1.165, 1.54) is 0 Å². The van der Waals surface area contributed by atoms with Crippen LogP contribution in [0.1, 0.15) is 38.7 Å². The summed E-state index contributed by atoms with van der Waals surface area (Å²) in [6.45, 7) is 6.49. The molecule has 0 spiro atoms. The Morgan fingerprint density at radius 1 is 1.35 bits per heavy atom. The molecule has 0 aliphatic carbocycles. The third-order valence-electron chi connectivity index (χ3n) is 6.34. The predicted octanol–water partition coefficient (Wildman–Crippen LogP) is 3.88. The fraction of sp³-hybridized carbons (Fsp3) is 0.545. The van der Waals surface area contributed by atoms with Gasteiger partial charge in [0.2, 0.25) is 0 Å². The van der Waals surface area contributed by atoms with Crippen LogP contribution in [-0.2, 0) is 11.3 Å². The molecular weight excluding hydrogens is 416 g/mol. The Balaban J connectivity index is 1.39. The molecule has 0 radical (unpaired) electrons. The van der Waals surface area contributed by atoms with Crippen molar-refractivity contribution < 1.29 is 9.53 Å². The van der Waals surface area contributed by atoms with E-state index in [9.17, 15) is 4.79 Å². The zero-order chi connectivity index (χ0) is 21.8. The SMILES string of the molecule is CCC1(C)C2=C(CN1C(=O)N=NCc1ccc(Cl)cc1)NC(NC1CCOCC1)N=C2. The third-order valence-corrected chi connectivity index (χ3v) is 6.59. The van der Waals surface area contributed by atoms with Crippen LogP contribution in [0.25, 0.3) is 0 Å². The van der Waals surface area contributed by atoms with E-state index >= 15 is 0 Å². The van der Waals surface area contributed by atoms with Gasteiger partial charge in [-0.05, 0) is 43.9 Å². The molecule has 1 aromatic carbocycles. The van der Waals surface area contributed by atoms with E-state index in [0.717, 1.165) is 49.3 Å². The van der Waals surface area contributed by atoms with Gasteiger partial charge in [0, 0.05) is 41.8 Å². The molecule has 2 amide bonds. The van der Waals surface area contributed by atoms with Gasteiger partial charge in [-0.3, -0.25) is 10.3 Å². The minimum Gasteiger partial charge on any atom is -0.381 e. The molecule has 1 aromatic rings. The summed E-state index contributed by atoms with van der Waals surface area (Å²) in [7, 11) is 0. The number of rotatable bonds is 5. The number of ether oxygens (including phenoxy) is 1. The molecule has 0 aromatic heterocycles. The molecule has 2 N–H and O–H groups in total. The second-order valence-electron chi connectivity index (χ2n) is 8.29. The normalized spacial score (nSPS) is 26.4. The van der Waals surface area contributed by atoms with Gasteiger partial charge in [0.25, 0.3) is 0 Å². The standard InChI is InChI=1S/C22H29ClN6O2/c1-3-22(2)18-13-24-20(26-17-8-10-31-11-9-17)27-19(18)14-29(22)21(30)28-25-12-15-4-6-16(23)7-5-15/h4-7,13,17,20,26-27H,3,8-12,14H2,1-2H3. The number of carbonyl (C=O) groups is 1. The first-order valence-electron chi connectivity index (χ1n) is 10.8. The first-order valence-corrected chi connectivity index (χ1v) is 11.2. The van der Waals surface area contributed by atoms with Gasteiger partial charge >= 0.3 is 6.03 Å². The number of urea groups is 1. The lowest BCUT2D eigenvalue weighted by Gasteiger charge is -2.34. The molecule has 1 fully saturated rings. The molecular formula is C22H29ClN6O2. The largest absolute Gasteiger partial charge is 0.381 e. The summed E-state index contributed by atoms with van der Waals surface area (Å²) in [5, 5.41) is 15.8. The average molecular weight is 445 g/mol. The van der Waals surface area contributed by atoms with Crippen molar-refractivity contribution in [3.63, 3.8) is 0 Å². The Kier molecular flexibility index (Phi) is 6.69. The van der Waals surface area contributed by atoms with Gasteiger partial charge in [-0.1, -0.05) is 35.8 Å². The summed E-state index contributed by atoms with van der Waals surface area (Å²) in [4.78, 5) is 19.4. The van der Waals surface area contributed by atoms with E-state index in [2.05, 4.69) is 39.7 Å². The van der Waals surface area contributed by atoms with E-state index in [4.69, 9.17) is 16.3 Å². The molecule has 0 saturated carbocycles. The lowest BCUT2D eigenvalue weighted by molar-refractivity contribution is 0.0742. The van der Waals surface area contributed by atoms with Crippen molar-refractivity contribution >= 4 is 23.8 Å². The second kappa shape index (κ2) is 9.46. The first-order chi connectivity index (χ1) is 15.0. The lowest BCUT2D eigenvalue weighted by Crippen LogP contribution is -2.49. The molecule has 0 bridgehead atoms. The van der Waals surface area contributed by atoms with Gasteiger partial charge in [-0.2, -0.15) is 5.11 Å². The number of halogens is 1. The Bertz CT molecular complexity index is 894. The van der Waals surface area contributed by atoms with Crippen LogP contribution in [0, 0.1) is 0 Å². The Hall–Kier alpha value is -2.29.